The van der Waals surface area contributed by atoms with Gasteiger partial charge in [-0.3, -0.25) is 10.1 Å². The van der Waals surface area contributed by atoms with Crippen LogP contribution in [0, 0.1) is 5.82 Å². The van der Waals surface area contributed by atoms with E-state index in [1.54, 1.807) is 6.07 Å². The summed E-state index contributed by atoms with van der Waals surface area (Å²) in [5.41, 5.74) is 2.25. The standard InChI is InChI=1S/C15H22FN3OSi/c1-15(2,3)21(4,5)20-10-12-8-14(19-18-12)13-7-6-11(16)9-17-13/h6-9H,10H2,1-5H3,(H,18,19). The molecule has 0 saturated carbocycles. The predicted octanol–water partition coefficient (Wildman–Crippen LogP) is 4.13. The number of hydrogen-bond donors (Lipinski definition) is 1. The highest BCUT2D eigenvalue weighted by Crippen LogP contribution is 2.37. The van der Waals surface area contributed by atoms with E-state index in [1.165, 1.54) is 12.3 Å². The highest BCUT2D eigenvalue weighted by molar-refractivity contribution is 6.74. The van der Waals surface area contributed by atoms with Crippen molar-refractivity contribution in [3.8, 4) is 11.4 Å². The van der Waals surface area contributed by atoms with E-state index in [9.17, 15) is 4.39 Å². The lowest BCUT2D eigenvalue weighted by molar-refractivity contribution is 0.272. The smallest absolute Gasteiger partial charge is 0.192 e. The van der Waals surface area contributed by atoms with Gasteiger partial charge in [0.2, 0.25) is 0 Å². The van der Waals surface area contributed by atoms with E-state index >= 15 is 0 Å². The van der Waals surface area contributed by atoms with Crippen molar-refractivity contribution in [3.05, 3.63) is 35.9 Å². The minimum Gasteiger partial charge on any atom is -0.411 e. The van der Waals surface area contributed by atoms with Crippen LogP contribution in [0.1, 0.15) is 26.5 Å². The first-order valence-corrected chi connectivity index (χ1v) is 9.90. The monoisotopic (exact) mass is 307 g/mol. The second kappa shape index (κ2) is 5.69. The van der Waals surface area contributed by atoms with Gasteiger partial charge in [-0.2, -0.15) is 5.10 Å². The number of H-pyrrole nitrogens is 1. The Morgan fingerprint density at radius 2 is 1.95 bits per heavy atom. The van der Waals surface area contributed by atoms with E-state index in [0.29, 0.717) is 18.0 Å². The Hall–Kier alpha value is -1.53. The molecule has 0 radical (unpaired) electrons. The van der Waals surface area contributed by atoms with Crippen LogP contribution in [0.15, 0.2) is 24.4 Å². The number of aromatic amines is 1. The van der Waals surface area contributed by atoms with Crippen molar-refractivity contribution in [2.24, 2.45) is 0 Å². The average Bonchev–Trinajstić information content (AvgIpc) is 2.85. The summed E-state index contributed by atoms with van der Waals surface area (Å²) in [6, 6.07) is 4.89. The van der Waals surface area contributed by atoms with Gasteiger partial charge in [-0.25, -0.2) is 4.39 Å². The molecule has 0 aliphatic rings. The molecular formula is C15H22FN3OSi. The summed E-state index contributed by atoms with van der Waals surface area (Å²) in [4.78, 5) is 4.02. The van der Waals surface area contributed by atoms with E-state index in [0.717, 1.165) is 5.69 Å². The highest BCUT2D eigenvalue weighted by Gasteiger charge is 2.37. The van der Waals surface area contributed by atoms with Gasteiger partial charge in [-0.05, 0) is 36.3 Å². The molecule has 0 aliphatic carbocycles. The first-order chi connectivity index (χ1) is 9.69. The Morgan fingerprint density at radius 1 is 1.24 bits per heavy atom. The molecule has 0 bridgehead atoms. The van der Waals surface area contributed by atoms with Crippen LogP contribution in [0.2, 0.25) is 18.1 Å². The van der Waals surface area contributed by atoms with E-state index in [2.05, 4.69) is 49.0 Å². The van der Waals surface area contributed by atoms with Crippen LogP contribution in [0.3, 0.4) is 0 Å². The molecule has 21 heavy (non-hydrogen) atoms. The molecule has 2 rings (SSSR count). The maximum absolute atomic E-state index is 12.9. The molecule has 0 amide bonds. The summed E-state index contributed by atoms with van der Waals surface area (Å²) < 4.78 is 19.0. The molecule has 6 heteroatoms. The molecule has 0 spiro atoms. The molecule has 0 aliphatic heterocycles. The van der Waals surface area contributed by atoms with Gasteiger partial charge in [0.1, 0.15) is 11.5 Å². The number of hydrogen-bond acceptors (Lipinski definition) is 3. The molecule has 2 aromatic heterocycles. The molecule has 0 saturated heterocycles. The van der Waals surface area contributed by atoms with Crippen LogP contribution in [-0.2, 0) is 11.0 Å². The lowest BCUT2D eigenvalue weighted by atomic mass is 10.2. The topological polar surface area (TPSA) is 50.8 Å². The van der Waals surface area contributed by atoms with Crippen molar-refractivity contribution in [2.75, 3.05) is 0 Å². The zero-order valence-electron chi connectivity index (χ0n) is 13.2. The van der Waals surface area contributed by atoms with Gasteiger partial charge >= 0.3 is 0 Å². The minimum atomic E-state index is -1.78. The molecule has 0 fully saturated rings. The van der Waals surface area contributed by atoms with E-state index < -0.39 is 8.32 Å². The van der Waals surface area contributed by atoms with Crippen molar-refractivity contribution >= 4 is 8.32 Å². The van der Waals surface area contributed by atoms with Crippen LogP contribution in [0.4, 0.5) is 4.39 Å². The third-order valence-electron chi connectivity index (χ3n) is 4.02. The van der Waals surface area contributed by atoms with Crippen LogP contribution in [0.5, 0.6) is 0 Å². The lowest BCUT2D eigenvalue weighted by Crippen LogP contribution is -2.40. The van der Waals surface area contributed by atoms with Crippen molar-refractivity contribution in [1.29, 1.82) is 0 Å². The second-order valence-electron chi connectivity index (χ2n) is 6.69. The van der Waals surface area contributed by atoms with Crippen molar-refractivity contribution in [2.45, 2.75) is 45.5 Å². The fourth-order valence-corrected chi connectivity index (χ4v) is 2.52. The molecule has 2 aromatic rings. The first-order valence-electron chi connectivity index (χ1n) is 6.99. The number of nitrogens with one attached hydrogen (secondary N) is 1. The summed E-state index contributed by atoms with van der Waals surface area (Å²) in [5.74, 6) is -0.351. The number of rotatable bonds is 4. The molecule has 0 aromatic carbocycles. The van der Waals surface area contributed by atoms with Crippen molar-refractivity contribution in [3.63, 3.8) is 0 Å². The molecule has 4 nitrogen and oxygen atoms in total. The lowest BCUT2D eigenvalue weighted by Gasteiger charge is -2.35. The predicted molar refractivity (Wildman–Crippen MR) is 83.8 cm³/mol. The Bertz CT molecular complexity index is 602. The third kappa shape index (κ3) is 3.77. The third-order valence-corrected chi connectivity index (χ3v) is 8.49. The van der Waals surface area contributed by atoms with Crippen LogP contribution in [0.25, 0.3) is 11.4 Å². The summed E-state index contributed by atoms with van der Waals surface area (Å²) in [6.07, 6.45) is 1.19. The zero-order valence-corrected chi connectivity index (χ0v) is 14.2. The minimum absolute atomic E-state index is 0.175. The molecule has 0 atom stereocenters. The number of aromatic nitrogens is 3. The van der Waals surface area contributed by atoms with Gasteiger partial charge in [0.05, 0.1) is 24.2 Å². The first kappa shape index (κ1) is 15.8. The van der Waals surface area contributed by atoms with Gasteiger partial charge in [0.15, 0.2) is 8.32 Å². The summed E-state index contributed by atoms with van der Waals surface area (Å²) in [7, 11) is -1.78. The van der Waals surface area contributed by atoms with Gasteiger partial charge in [-0.1, -0.05) is 20.8 Å². The maximum atomic E-state index is 12.9. The number of nitrogens with zero attached hydrogens (tertiary/aromatic N) is 2. The fraction of sp³-hybridized carbons (Fsp3) is 0.467. The van der Waals surface area contributed by atoms with Crippen molar-refractivity contribution < 1.29 is 8.82 Å². The molecule has 1 N–H and O–H groups in total. The Morgan fingerprint density at radius 3 is 2.52 bits per heavy atom. The van der Waals surface area contributed by atoms with Crippen LogP contribution >= 0.6 is 0 Å². The normalized spacial score (nSPS) is 12.7. The quantitative estimate of drug-likeness (QED) is 0.864. The molecule has 0 unspecified atom stereocenters. The van der Waals surface area contributed by atoms with Crippen LogP contribution in [-0.4, -0.2) is 23.5 Å². The Balaban J connectivity index is 2.06. The molecule has 114 valence electrons. The molecular weight excluding hydrogens is 285 g/mol. The maximum Gasteiger partial charge on any atom is 0.192 e. The largest absolute Gasteiger partial charge is 0.411 e. The average molecular weight is 307 g/mol. The highest BCUT2D eigenvalue weighted by atomic mass is 28.4. The van der Waals surface area contributed by atoms with E-state index in [1.807, 2.05) is 6.07 Å². The van der Waals surface area contributed by atoms with E-state index in [-0.39, 0.29) is 10.9 Å². The Kier molecular flexibility index (Phi) is 4.29. The number of pyridine rings is 1. The SMILES string of the molecule is CC(C)(C)[Si](C)(C)OCc1cc(-c2ccc(F)cn2)n[nH]1. The number of halogens is 1. The second-order valence-corrected chi connectivity index (χ2v) is 11.5. The van der Waals surface area contributed by atoms with Gasteiger partial charge in [0, 0.05) is 0 Å². The molecule has 2 heterocycles. The summed E-state index contributed by atoms with van der Waals surface area (Å²) >= 11 is 0. The van der Waals surface area contributed by atoms with Gasteiger partial charge in [0.25, 0.3) is 0 Å². The van der Waals surface area contributed by atoms with Gasteiger partial charge < -0.3 is 4.43 Å². The summed E-state index contributed by atoms with van der Waals surface area (Å²) in [6.45, 7) is 11.6. The van der Waals surface area contributed by atoms with E-state index in [4.69, 9.17) is 4.43 Å². The van der Waals surface area contributed by atoms with Crippen LogP contribution < -0.4 is 0 Å². The summed E-state index contributed by atoms with van der Waals surface area (Å²) in [5, 5.41) is 7.34. The van der Waals surface area contributed by atoms with Crippen molar-refractivity contribution in [1.82, 2.24) is 15.2 Å². The van der Waals surface area contributed by atoms with Gasteiger partial charge in [-0.15, -0.1) is 0 Å². The fourth-order valence-electron chi connectivity index (χ4n) is 1.57. The Labute approximate surface area is 125 Å². The zero-order chi connectivity index (χ0) is 15.7.